The normalized spacial score (nSPS) is 11.4. The molecule has 104 valence electrons. The Morgan fingerprint density at radius 1 is 1.30 bits per heavy atom. The third kappa shape index (κ3) is 2.87. The molecule has 0 aliphatic heterocycles. The van der Waals surface area contributed by atoms with E-state index in [1.807, 2.05) is 0 Å². The molecule has 0 aliphatic rings. The third-order valence-electron chi connectivity index (χ3n) is 2.48. The van der Waals surface area contributed by atoms with Gasteiger partial charge in [0, 0.05) is 10.6 Å². The second kappa shape index (κ2) is 5.85. The van der Waals surface area contributed by atoms with E-state index in [0.717, 1.165) is 0 Å². The second-order valence-electron chi connectivity index (χ2n) is 3.74. The van der Waals surface area contributed by atoms with Crippen LogP contribution in [0.25, 0.3) is 0 Å². The van der Waals surface area contributed by atoms with Crippen molar-refractivity contribution in [1.29, 1.82) is 0 Å². The molecule has 0 atom stereocenters. The van der Waals surface area contributed by atoms with Crippen LogP contribution in [0.1, 0.15) is 15.9 Å². The lowest BCUT2D eigenvalue weighted by molar-refractivity contribution is 0.102. The van der Waals surface area contributed by atoms with Crippen molar-refractivity contribution >= 4 is 40.6 Å². The highest BCUT2D eigenvalue weighted by Crippen LogP contribution is 2.23. The van der Waals surface area contributed by atoms with E-state index in [1.54, 1.807) is 6.07 Å². The number of amides is 1. The maximum absolute atomic E-state index is 12.0. The molecule has 0 spiro atoms. The van der Waals surface area contributed by atoms with Gasteiger partial charge >= 0.3 is 0 Å². The van der Waals surface area contributed by atoms with Crippen LogP contribution >= 0.6 is 23.2 Å². The predicted molar refractivity (Wildman–Crippen MR) is 75.6 cm³/mol. The van der Waals surface area contributed by atoms with Crippen molar-refractivity contribution in [2.75, 3.05) is 5.32 Å². The smallest absolute Gasteiger partial charge is 0.260 e. The van der Waals surface area contributed by atoms with Gasteiger partial charge in [-0.1, -0.05) is 16.8 Å². The number of hydrogen-bond acceptors (Lipinski definition) is 4. The summed E-state index contributed by atoms with van der Waals surface area (Å²) in [5, 5.41) is 14.5. The number of nitrogens with zero attached hydrogens (tertiary/aromatic N) is 1. The minimum Gasteiger partial charge on any atom is -0.452 e. The molecule has 0 unspecified atom stereocenters. The Balaban J connectivity index is 2.36. The van der Waals surface area contributed by atoms with E-state index >= 15 is 0 Å². The Morgan fingerprint density at radius 2 is 2.05 bits per heavy atom. The van der Waals surface area contributed by atoms with E-state index in [9.17, 15) is 4.79 Å². The number of benzene rings is 1. The SMILES string of the molecule is N/C(=N/O)c1ccc(Cl)cc1NC(=O)c1ccoc1Cl. The van der Waals surface area contributed by atoms with Gasteiger partial charge in [-0.25, -0.2) is 0 Å². The summed E-state index contributed by atoms with van der Waals surface area (Å²) < 4.78 is 4.84. The number of hydrogen-bond donors (Lipinski definition) is 3. The van der Waals surface area contributed by atoms with Crippen molar-refractivity contribution < 1.29 is 14.4 Å². The molecule has 0 aliphatic carbocycles. The maximum Gasteiger partial charge on any atom is 0.260 e. The highest BCUT2D eigenvalue weighted by molar-refractivity contribution is 6.33. The minimum absolute atomic E-state index is 0.0325. The van der Waals surface area contributed by atoms with Crippen LogP contribution in [-0.4, -0.2) is 17.0 Å². The highest BCUT2D eigenvalue weighted by Gasteiger charge is 2.16. The molecule has 4 N–H and O–H groups in total. The van der Waals surface area contributed by atoms with E-state index in [2.05, 4.69) is 10.5 Å². The Morgan fingerprint density at radius 3 is 2.65 bits per heavy atom. The van der Waals surface area contributed by atoms with Gasteiger partial charge in [0.15, 0.2) is 5.84 Å². The molecular formula is C12H9Cl2N3O3. The number of rotatable bonds is 3. The quantitative estimate of drug-likeness (QED) is 0.351. The number of oxime groups is 1. The maximum atomic E-state index is 12.0. The Hall–Kier alpha value is -2.18. The van der Waals surface area contributed by atoms with E-state index in [-0.39, 0.29) is 22.3 Å². The molecule has 0 saturated carbocycles. The lowest BCUT2D eigenvalue weighted by atomic mass is 10.1. The first kappa shape index (κ1) is 14.2. The molecule has 0 fully saturated rings. The fourth-order valence-corrected chi connectivity index (χ4v) is 1.91. The minimum atomic E-state index is -0.502. The summed E-state index contributed by atoms with van der Waals surface area (Å²) in [4.78, 5) is 12.0. The molecule has 6 nitrogen and oxygen atoms in total. The van der Waals surface area contributed by atoms with Crippen LogP contribution in [0, 0.1) is 0 Å². The zero-order valence-electron chi connectivity index (χ0n) is 9.93. The van der Waals surface area contributed by atoms with Crippen molar-refractivity contribution in [1.82, 2.24) is 0 Å². The molecule has 0 radical (unpaired) electrons. The Kier molecular flexibility index (Phi) is 4.16. The number of carbonyl (C=O) groups is 1. The molecule has 0 saturated heterocycles. The van der Waals surface area contributed by atoms with Crippen LogP contribution in [0.2, 0.25) is 10.2 Å². The fourth-order valence-electron chi connectivity index (χ4n) is 1.54. The molecule has 20 heavy (non-hydrogen) atoms. The molecule has 1 heterocycles. The zero-order chi connectivity index (χ0) is 14.7. The molecule has 2 aromatic rings. The summed E-state index contributed by atoms with van der Waals surface area (Å²) in [6.07, 6.45) is 1.29. The van der Waals surface area contributed by atoms with E-state index in [0.29, 0.717) is 10.6 Å². The molecule has 1 aromatic carbocycles. The molecule has 8 heteroatoms. The number of nitrogens with one attached hydrogen (secondary N) is 1. The lowest BCUT2D eigenvalue weighted by Crippen LogP contribution is -2.19. The summed E-state index contributed by atoms with van der Waals surface area (Å²) in [5.74, 6) is -0.659. The van der Waals surface area contributed by atoms with Gasteiger partial charge in [0.25, 0.3) is 5.91 Å². The van der Waals surface area contributed by atoms with Gasteiger partial charge in [0.2, 0.25) is 5.22 Å². The van der Waals surface area contributed by atoms with Crippen molar-refractivity contribution in [2.24, 2.45) is 10.9 Å². The predicted octanol–water partition coefficient (Wildman–Crippen LogP) is 2.93. The third-order valence-corrected chi connectivity index (χ3v) is 3.00. The van der Waals surface area contributed by atoms with Crippen LogP contribution in [-0.2, 0) is 0 Å². The number of halogens is 2. The zero-order valence-corrected chi connectivity index (χ0v) is 11.4. The van der Waals surface area contributed by atoms with Crippen molar-refractivity contribution in [3.63, 3.8) is 0 Å². The molecule has 2 rings (SSSR count). The summed E-state index contributed by atoms with van der Waals surface area (Å²) in [6, 6.07) is 5.96. The lowest BCUT2D eigenvalue weighted by Gasteiger charge is -2.10. The molecule has 0 bridgehead atoms. The van der Waals surface area contributed by atoms with Crippen molar-refractivity contribution in [3.05, 3.63) is 51.9 Å². The first-order chi connectivity index (χ1) is 9.52. The monoisotopic (exact) mass is 313 g/mol. The first-order valence-electron chi connectivity index (χ1n) is 5.34. The topological polar surface area (TPSA) is 101 Å². The molecule has 1 aromatic heterocycles. The summed E-state index contributed by atoms with van der Waals surface area (Å²) in [6.45, 7) is 0. The van der Waals surface area contributed by atoms with Crippen LogP contribution in [0.15, 0.2) is 40.1 Å². The highest BCUT2D eigenvalue weighted by atomic mass is 35.5. The van der Waals surface area contributed by atoms with Gasteiger partial charge in [-0.2, -0.15) is 0 Å². The average Bonchev–Trinajstić information content (AvgIpc) is 2.84. The van der Waals surface area contributed by atoms with Crippen LogP contribution in [0.4, 0.5) is 5.69 Å². The van der Waals surface area contributed by atoms with Gasteiger partial charge in [0.05, 0.1) is 17.5 Å². The average molecular weight is 314 g/mol. The van der Waals surface area contributed by atoms with Crippen LogP contribution in [0.5, 0.6) is 0 Å². The summed E-state index contributed by atoms with van der Waals surface area (Å²) in [5.41, 5.74) is 6.31. The van der Waals surface area contributed by atoms with Crippen molar-refractivity contribution in [3.8, 4) is 0 Å². The van der Waals surface area contributed by atoms with Crippen molar-refractivity contribution in [2.45, 2.75) is 0 Å². The van der Waals surface area contributed by atoms with E-state index in [4.69, 9.17) is 38.6 Å². The number of nitrogens with two attached hydrogens (primary N) is 1. The van der Waals surface area contributed by atoms with Gasteiger partial charge in [-0.05, 0) is 35.9 Å². The number of anilines is 1. The number of carbonyl (C=O) groups excluding carboxylic acids is 1. The Bertz CT molecular complexity index is 682. The van der Waals surface area contributed by atoms with Crippen LogP contribution in [0.3, 0.4) is 0 Å². The number of furan rings is 1. The first-order valence-corrected chi connectivity index (χ1v) is 6.10. The molecule has 1 amide bonds. The molecular weight excluding hydrogens is 305 g/mol. The standard InChI is InChI=1S/C12H9Cl2N3O3/c13-6-1-2-7(11(15)17-19)9(5-6)16-12(18)8-3-4-20-10(8)14/h1-5,19H,(H2,15,17)(H,16,18). The largest absolute Gasteiger partial charge is 0.452 e. The second-order valence-corrected chi connectivity index (χ2v) is 4.52. The summed E-state index contributed by atoms with van der Waals surface area (Å²) in [7, 11) is 0. The van der Waals surface area contributed by atoms with Gasteiger partial charge in [-0.3, -0.25) is 4.79 Å². The summed E-state index contributed by atoms with van der Waals surface area (Å²) >= 11 is 11.6. The van der Waals surface area contributed by atoms with Gasteiger partial charge in [0.1, 0.15) is 0 Å². The fraction of sp³-hybridized carbons (Fsp3) is 0. The van der Waals surface area contributed by atoms with Gasteiger partial charge in [-0.15, -0.1) is 0 Å². The van der Waals surface area contributed by atoms with E-state index in [1.165, 1.54) is 24.5 Å². The van der Waals surface area contributed by atoms with E-state index < -0.39 is 5.91 Å². The Labute approximate surface area is 123 Å². The van der Waals surface area contributed by atoms with Gasteiger partial charge < -0.3 is 20.7 Å². The van der Waals surface area contributed by atoms with Crippen LogP contribution < -0.4 is 11.1 Å². The number of amidine groups is 1.